The lowest BCUT2D eigenvalue weighted by molar-refractivity contribution is 0.475. The molecule has 2 saturated heterocycles. The molecule has 2 fully saturated rings. The summed E-state index contributed by atoms with van der Waals surface area (Å²) in [5, 5.41) is 0. The molecule has 0 aromatic rings. The molecular weight excluding hydrogens is 80.0 g/mol. The molecule has 2 rings (SSSR count). The fourth-order valence-corrected chi connectivity index (χ4v) is 0. The second kappa shape index (κ2) is 2.16. The monoisotopic (exact) mass is 88.1 g/mol. The molecule has 2 heteroatoms. The molecule has 2 heterocycles. The molecular formula is C4H8O2. The van der Waals surface area contributed by atoms with E-state index in [1.54, 1.807) is 0 Å². The van der Waals surface area contributed by atoms with Crippen LogP contribution in [0.15, 0.2) is 0 Å². The summed E-state index contributed by atoms with van der Waals surface area (Å²) in [5.74, 6) is 0. The summed E-state index contributed by atoms with van der Waals surface area (Å²) in [7, 11) is 0. The Bertz CT molecular complexity index is 21.0. The number of hydrogen-bond donors (Lipinski definition) is 0. The van der Waals surface area contributed by atoms with Gasteiger partial charge in [0.25, 0.3) is 0 Å². The third-order valence-electron chi connectivity index (χ3n) is 0.408. The Morgan fingerprint density at radius 1 is 0.667 bits per heavy atom. The molecule has 0 amide bonds. The Labute approximate surface area is 37.1 Å². The van der Waals surface area contributed by atoms with Gasteiger partial charge >= 0.3 is 0 Å². The fourth-order valence-electron chi connectivity index (χ4n) is 0. The summed E-state index contributed by atoms with van der Waals surface area (Å²) in [4.78, 5) is 0. The zero-order chi connectivity index (χ0) is 4.24. The predicted molar refractivity (Wildman–Crippen MR) is 21.6 cm³/mol. The second-order valence-electron chi connectivity index (χ2n) is 1.22. The largest absolute Gasteiger partial charge is 0.377 e. The maximum Gasteiger partial charge on any atom is 0.0701 e. The van der Waals surface area contributed by atoms with Gasteiger partial charge in [0, 0.05) is 0 Å². The highest BCUT2D eigenvalue weighted by molar-refractivity contribution is 4.37. The average Bonchev–Trinajstić information content (AvgIpc) is 2.31. The molecule has 0 bridgehead atoms. The first kappa shape index (κ1) is 4.09. The van der Waals surface area contributed by atoms with Crippen LogP contribution in [-0.4, -0.2) is 26.4 Å². The van der Waals surface area contributed by atoms with Crippen molar-refractivity contribution in [3.63, 3.8) is 0 Å². The molecule has 0 aromatic carbocycles. The lowest BCUT2D eigenvalue weighted by atomic mass is 11.0. The van der Waals surface area contributed by atoms with Crippen LogP contribution < -0.4 is 0 Å². The summed E-state index contributed by atoms with van der Waals surface area (Å²) >= 11 is 0. The minimum atomic E-state index is 1.00. The highest BCUT2D eigenvalue weighted by Gasteiger charge is 1.94. The van der Waals surface area contributed by atoms with Crippen molar-refractivity contribution in [3.05, 3.63) is 0 Å². The van der Waals surface area contributed by atoms with Crippen LogP contribution in [0.4, 0.5) is 0 Å². The van der Waals surface area contributed by atoms with Crippen molar-refractivity contribution in [1.29, 1.82) is 0 Å². The molecule has 0 atom stereocenters. The SMILES string of the molecule is C1CO1.C1CO1. The van der Waals surface area contributed by atoms with Gasteiger partial charge in [0.15, 0.2) is 0 Å². The van der Waals surface area contributed by atoms with Crippen LogP contribution in [0, 0.1) is 0 Å². The molecule has 6 heavy (non-hydrogen) atoms. The standard InChI is InChI=1S/2C2H4O/c2*1-2-3-1/h2*1-2H2. The highest BCUT2D eigenvalue weighted by Crippen LogP contribution is 1.85. The van der Waals surface area contributed by atoms with Crippen molar-refractivity contribution in [2.45, 2.75) is 0 Å². The summed E-state index contributed by atoms with van der Waals surface area (Å²) in [5.41, 5.74) is 0. The van der Waals surface area contributed by atoms with Crippen molar-refractivity contribution in [2.75, 3.05) is 26.4 Å². The van der Waals surface area contributed by atoms with E-state index < -0.39 is 0 Å². The van der Waals surface area contributed by atoms with Crippen molar-refractivity contribution in [2.24, 2.45) is 0 Å². The third-order valence-corrected chi connectivity index (χ3v) is 0.408. The lowest BCUT2D eigenvalue weighted by Crippen LogP contribution is -1.20. The minimum absolute atomic E-state index is 1.00. The molecule has 0 aromatic heterocycles. The van der Waals surface area contributed by atoms with Gasteiger partial charge < -0.3 is 9.47 Å². The van der Waals surface area contributed by atoms with Crippen LogP contribution in [0.5, 0.6) is 0 Å². The van der Waals surface area contributed by atoms with Crippen molar-refractivity contribution in [1.82, 2.24) is 0 Å². The maximum absolute atomic E-state index is 4.50. The van der Waals surface area contributed by atoms with Crippen molar-refractivity contribution in [3.8, 4) is 0 Å². The zero-order valence-electron chi connectivity index (χ0n) is 3.64. The first-order valence-corrected chi connectivity index (χ1v) is 2.15. The molecule has 0 spiro atoms. The maximum atomic E-state index is 4.50. The summed E-state index contributed by atoms with van der Waals surface area (Å²) in [6.07, 6.45) is 0. The summed E-state index contributed by atoms with van der Waals surface area (Å²) in [6, 6.07) is 0. The molecule has 0 saturated carbocycles. The molecule has 2 aliphatic heterocycles. The Morgan fingerprint density at radius 3 is 0.833 bits per heavy atom. The van der Waals surface area contributed by atoms with Gasteiger partial charge in [0.05, 0.1) is 26.4 Å². The van der Waals surface area contributed by atoms with E-state index in [-0.39, 0.29) is 0 Å². The fraction of sp³-hybridized carbons (Fsp3) is 1.00. The number of hydrogen-bond acceptors (Lipinski definition) is 2. The molecule has 0 N–H and O–H groups in total. The summed E-state index contributed by atoms with van der Waals surface area (Å²) in [6.45, 7) is 4.00. The van der Waals surface area contributed by atoms with Gasteiger partial charge in [0.1, 0.15) is 0 Å². The second-order valence-corrected chi connectivity index (χ2v) is 1.22. The Balaban J connectivity index is 0.0000000600. The van der Waals surface area contributed by atoms with Gasteiger partial charge in [-0.2, -0.15) is 0 Å². The first-order chi connectivity index (χ1) is 3.00. The van der Waals surface area contributed by atoms with E-state index in [2.05, 4.69) is 9.47 Å². The smallest absolute Gasteiger partial charge is 0.0701 e. The van der Waals surface area contributed by atoms with Gasteiger partial charge in [-0.3, -0.25) is 0 Å². The third kappa shape index (κ3) is 9.07. The molecule has 0 unspecified atom stereocenters. The first-order valence-electron chi connectivity index (χ1n) is 2.15. The highest BCUT2D eigenvalue weighted by atomic mass is 16.6. The van der Waals surface area contributed by atoms with E-state index in [1.165, 1.54) is 0 Å². The van der Waals surface area contributed by atoms with Crippen molar-refractivity contribution >= 4 is 0 Å². The molecule has 0 aliphatic carbocycles. The topological polar surface area (TPSA) is 25.1 Å². The minimum Gasteiger partial charge on any atom is -0.377 e. The van der Waals surface area contributed by atoms with Gasteiger partial charge in [-0.1, -0.05) is 0 Å². The van der Waals surface area contributed by atoms with E-state index in [0.717, 1.165) is 26.4 Å². The van der Waals surface area contributed by atoms with Crippen molar-refractivity contribution < 1.29 is 9.47 Å². The Hall–Kier alpha value is -0.0800. The number of ether oxygens (including phenoxy) is 2. The van der Waals surface area contributed by atoms with Crippen LogP contribution in [0.25, 0.3) is 0 Å². The normalized spacial score (nSPS) is 24.0. The van der Waals surface area contributed by atoms with Gasteiger partial charge in [0.2, 0.25) is 0 Å². The lowest BCUT2D eigenvalue weighted by Gasteiger charge is -1.24. The van der Waals surface area contributed by atoms with Crippen LogP contribution in [-0.2, 0) is 9.47 Å². The van der Waals surface area contributed by atoms with E-state index in [0.29, 0.717) is 0 Å². The molecule has 36 valence electrons. The number of rotatable bonds is 0. The molecule has 0 radical (unpaired) electrons. The average molecular weight is 88.1 g/mol. The van der Waals surface area contributed by atoms with Crippen LogP contribution in [0.2, 0.25) is 0 Å². The van der Waals surface area contributed by atoms with E-state index in [1.807, 2.05) is 0 Å². The molecule has 2 nitrogen and oxygen atoms in total. The van der Waals surface area contributed by atoms with Crippen LogP contribution in [0.3, 0.4) is 0 Å². The van der Waals surface area contributed by atoms with E-state index >= 15 is 0 Å². The Kier molecular flexibility index (Phi) is 1.47. The van der Waals surface area contributed by atoms with Crippen LogP contribution in [0.1, 0.15) is 0 Å². The van der Waals surface area contributed by atoms with Gasteiger partial charge in [-0.05, 0) is 0 Å². The zero-order valence-corrected chi connectivity index (χ0v) is 3.64. The quantitative estimate of drug-likeness (QED) is 0.390. The van der Waals surface area contributed by atoms with Gasteiger partial charge in [-0.25, -0.2) is 0 Å². The molecule has 2 aliphatic rings. The van der Waals surface area contributed by atoms with E-state index in [4.69, 9.17) is 0 Å². The Morgan fingerprint density at radius 2 is 0.833 bits per heavy atom. The summed E-state index contributed by atoms with van der Waals surface area (Å²) < 4.78 is 9.00. The van der Waals surface area contributed by atoms with Crippen LogP contribution >= 0.6 is 0 Å². The van der Waals surface area contributed by atoms with E-state index in [9.17, 15) is 0 Å². The van der Waals surface area contributed by atoms with Gasteiger partial charge in [-0.15, -0.1) is 0 Å². The number of epoxide rings is 2. The predicted octanol–water partition coefficient (Wildman–Crippen LogP) is 0.0332.